The first-order valence-electron chi connectivity index (χ1n) is 12.1. The number of aromatic nitrogens is 6. The van der Waals surface area contributed by atoms with Gasteiger partial charge in [0.2, 0.25) is 0 Å². The molecule has 2 heterocycles. The topological polar surface area (TPSA) is 146 Å². The highest BCUT2D eigenvalue weighted by molar-refractivity contribution is 5.97. The molecule has 1 aliphatic carbocycles. The van der Waals surface area contributed by atoms with Crippen molar-refractivity contribution in [3.8, 4) is 11.4 Å². The zero-order chi connectivity index (χ0) is 29.3. The Labute approximate surface area is 228 Å². The summed E-state index contributed by atoms with van der Waals surface area (Å²) < 4.78 is 56.9. The van der Waals surface area contributed by atoms with Gasteiger partial charge in [0.15, 0.2) is 11.6 Å². The number of carbonyl (C=O) groups is 2. The molecule has 2 amide bonds. The van der Waals surface area contributed by atoms with Crippen molar-refractivity contribution in [3.63, 3.8) is 0 Å². The number of halogens is 4. The van der Waals surface area contributed by atoms with Crippen LogP contribution in [0, 0.1) is 5.82 Å². The Balaban J connectivity index is 1.23. The third kappa shape index (κ3) is 6.05. The summed E-state index contributed by atoms with van der Waals surface area (Å²) in [4.78, 5) is 45.5. The van der Waals surface area contributed by atoms with Crippen LogP contribution in [0.15, 0.2) is 53.6 Å². The third-order valence-corrected chi connectivity index (χ3v) is 6.28. The highest BCUT2D eigenvalue weighted by Gasteiger charge is 2.32. The largest absolute Gasteiger partial charge is 0.573 e. The molecule has 2 N–H and O–H groups in total. The van der Waals surface area contributed by atoms with Crippen LogP contribution in [0.5, 0.6) is 5.75 Å². The maximum Gasteiger partial charge on any atom is 0.573 e. The molecule has 0 radical (unpaired) electrons. The van der Waals surface area contributed by atoms with E-state index in [1.807, 2.05) is 6.07 Å². The van der Waals surface area contributed by atoms with E-state index in [-0.39, 0.29) is 29.5 Å². The Morgan fingerprint density at radius 3 is 2.51 bits per heavy atom. The van der Waals surface area contributed by atoms with Crippen LogP contribution in [0.3, 0.4) is 0 Å². The average molecular weight is 572 g/mol. The van der Waals surface area contributed by atoms with Gasteiger partial charge in [-0.3, -0.25) is 9.59 Å². The SMILES string of the molecule is Cn1nnn(-c2ccc3c(c2)CC[C@H]3NC(=O)c2cc(C(=O)NCc3ccc(F)c(OC(F)(F)F)c3)ncn2)c1=O. The molecule has 0 bridgehead atoms. The van der Waals surface area contributed by atoms with Crippen molar-refractivity contribution in [2.24, 2.45) is 7.05 Å². The lowest BCUT2D eigenvalue weighted by atomic mass is 10.1. The van der Waals surface area contributed by atoms with E-state index in [4.69, 9.17) is 0 Å². The van der Waals surface area contributed by atoms with Crippen LogP contribution < -0.4 is 21.1 Å². The second-order valence-electron chi connectivity index (χ2n) is 9.03. The number of ether oxygens (including phenoxy) is 1. The molecule has 12 nitrogen and oxygen atoms in total. The maximum absolute atomic E-state index is 13.6. The predicted octanol–water partition coefficient (Wildman–Crippen LogP) is 2.14. The molecule has 41 heavy (non-hydrogen) atoms. The van der Waals surface area contributed by atoms with Gasteiger partial charge in [-0.15, -0.1) is 13.2 Å². The van der Waals surface area contributed by atoms with Gasteiger partial charge < -0.3 is 15.4 Å². The van der Waals surface area contributed by atoms with E-state index in [1.54, 1.807) is 12.1 Å². The van der Waals surface area contributed by atoms with E-state index in [2.05, 4.69) is 35.8 Å². The number of nitrogens with zero attached hydrogens (tertiary/aromatic N) is 6. The van der Waals surface area contributed by atoms with Crippen LogP contribution in [0.1, 0.15) is 50.1 Å². The Bertz CT molecular complexity index is 1700. The first-order valence-corrected chi connectivity index (χ1v) is 12.1. The lowest BCUT2D eigenvalue weighted by Gasteiger charge is -2.14. The molecule has 0 saturated heterocycles. The van der Waals surface area contributed by atoms with Gasteiger partial charge in [0, 0.05) is 19.7 Å². The molecule has 212 valence electrons. The van der Waals surface area contributed by atoms with E-state index in [9.17, 15) is 31.9 Å². The molecule has 1 aliphatic rings. The molecule has 4 aromatic rings. The van der Waals surface area contributed by atoms with Crippen LogP contribution in [0.4, 0.5) is 17.6 Å². The maximum atomic E-state index is 13.6. The quantitative estimate of drug-likeness (QED) is 0.321. The molecular weight excluding hydrogens is 552 g/mol. The molecule has 2 aromatic carbocycles. The van der Waals surface area contributed by atoms with Crippen molar-refractivity contribution in [2.45, 2.75) is 31.8 Å². The molecule has 2 aromatic heterocycles. The number of carbonyl (C=O) groups excluding carboxylic acids is 2. The van der Waals surface area contributed by atoms with Crippen molar-refractivity contribution >= 4 is 11.8 Å². The van der Waals surface area contributed by atoms with Gasteiger partial charge in [-0.25, -0.2) is 19.2 Å². The van der Waals surface area contributed by atoms with Crippen LogP contribution >= 0.6 is 0 Å². The minimum atomic E-state index is -5.08. The number of aryl methyl sites for hydroxylation is 2. The second kappa shape index (κ2) is 10.8. The minimum Gasteiger partial charge on any atom is -0.403 e. The third-order valence-electron chi connectivity index (χ3n) is 6.28. The summed E-state index contributed by atoms with van der Waals surface area (Å²) in [6.45, 7) is -0.263. The summed E-state index contributed by atoms with van der Waals surface area (Å²) in [6, 6.07) is 8.92. The summed E-state index contributed by atoms with van der Waals surface area (Å²) in [5.74, 6) is -3.53. The minimum absolute atomic E-state index is 0.0797. The summed E-state index contributed by atoms with van der Waals surface area (Å²) in [5, 5.41) is 12.9. The Kier molecular flexibility index (Phi) is 7.21. The smallest absolute Gasteiger partial charge is 0.403 e. The van der Waals surface area contributed by atoms with Crippen molar-refractivity contribution in [1.82, 2.24) is 40.4 Å². The fourth-order valence-corrected chi connectivity index (χ4v) is 4.33. The van der Waals surface area contributed by atoms with Gasteiger partial charge >= 0.3 is 12.1 Å². The van der Waals surface area contributed by atoms with Gasteiger partial charge in [-0.05, 0) is 64.2 Å². The summed E-state index contributed by atoms with van der Waals surface area (Å²) in [7, 11) is 1.49. The molecule has 0 aliphatic heterocycles. The van der Waals surface area contributed by atoms with Gasteiger partial charge in [0.25, 0.3) is 11.8 Å². The summed E-state index contributed by atoms with van der Waals surface area (Å²) in [5.41, 5.74) is 1.84. The number of amides is 2. The second-order valence-corrected chi connectivity index (χ2v) is 9.03. The van der Waals surface area contributed by atoms with E-state index in [1.165, 1.54) is 23.9 Å². The number of hydrogen-bond donors (Lipinski definition) is 2. The molecule has 0 spiro atoms. The van der Waals surface area contributed by atoms with Crippen LogP contribution in [0.2, 0.25) is 0 Å². The van der Waals surface area contributed by atoms with Crippen LogP contribution in [-0.4, -0.2) is 47.9 Å². The molecule has 16 heteroatoms. The van der Waals surface area contributed by atoms with Crippen LogP contribution in [0.25, 0.3) is 5.69 Å². The van der Waals surface area contributed by atoms with Gasteiger partial charge in [-0.1, -0.05) is 12.1 Å². The number of hydrogen-bond acceptors (Lipinski definition) is 8. The van der Waals surface area contributed by atoms with Gasteiger partial charge in [-0.2, -0.15) is 9.36 Å². The van der Waals surface area contributed by atoms with Crippen molar-refractivity contribution in [3.05, 3.63) is 93.2 Å². The zero-order valence-electron chi connectivity index (χ0n) is 21.1. The fourth-order valence-electron chi connectivity index (χ4n) is 4.33. The first-order chi connectivity index (χ1) is 19.5. The van der Waals surface area contributed by atoms with Gasteiger partial charge in [0.1, 0.15) is 17.7 Å². The van der Waals surface area contributed by atoms with E-state index in [0.717, 1.165) is 34.3 Å². The molecule has 1 atom stereocenters. The Morgan fingerprint density at radius 1 is 1.05 bits per heavy atom. The molecule has 0 fully saturated rings. The number of nitrogens with one attached hydrogen (secondary N) is 2. The van der Waals surface area contributed by atoms with E-state index < -0.39 is 35.4 Å². The standard InChI is InChI=1S/C25H20F4N8O4/c1-36-24(40)37(35-34-36)15-4-5-16-14(9-15)3-7-18(16)33-23(39)20-10-19(31-12-32-20)22(38)30-11-13-2-6-17(26)21(8-13)41-25(27,28)29/h2,4-6,8-10,12,18H,3,7,11H2,1H3,(H,30,38)(H,33,39)/t18-/m1/s1. The number of fused-ring (bicyclic) bond motifs is 1. The van der Waals surface area contributed by atoms with E-state index in [0.29, 0.717) is 18.5 Å². The van der Waals surface area contributed by atoms with Crippen LogP contribution in [-0.2, 0) is 20.0 Å². The lowest BCUT2D eigenvalue weighted by Crippen LogP contribution is -2.29. The Hall–Kier alpha value is -5.15. The molecule has 0 saturated carbocycles. The molecule has 0 unspecified atom stereocenters. The van der Waals surface area contributed by atoms with Crippen molar-refractivity contribution < 1.29 is 31.9 Å². The monoisotopic (exact) mass is 572 g/mol. The van der Waals surface area contributed by atoms with Crippen molar-refractivity contribution in [2.75, 3.05) is 0 Å². The summed E-state index contributed by atoms with van der Waals surface area (Å²) in [6.07, 6.45) is -2.82. The number of tetrazole rings is 1. The predicted molar refractivity (Wildman–Crippen MR) is 131 cm³/mol. The zero-order valence-corrected chi connectivity index (χ0v) is 21.1. The first kappa shape index (κ1) is 27.4. The molecular formula is C25H20F4N8O4. The van der Waals surface area contributed by atoms with Crippen molar-refractivity contribution in [1.29, 1.82) is 0 Å². The lowest BCUT2D eigenvalue weighted by molar-refractivity contribution is -0.275. The summed E-state index contributed by atoms with van der Waals surface area (Å²) >= 11 is 0. The average Bonchev–Trinajstić information content (AvgIpc) is 3.49. The number of alkyl halides is 3. The number of benzene rings is 2. The fraction of sp³-hybridized carbons (Fsp3) is 0.240. The highest BCUT2D eigenvalue weighted by atomic mass is 19.4. The number of rotatable bonds is 7. The van der Waals surface area contributed by atoms with Gasteiger partial charge in [0.05, 0.1) is 11.7 Å². The Morgan fingerprint density at radius 2 is 1.80 bits per heavy atom. The van der Waals surface area contributed by atoms with E-state index >= 15 is 0 Å². The molecule has 5 rings (SSSR count). The normalized spacial score (nSPS) is 14.4. The highest BCUT2D eigenvalue weighted by Crippen LogP contribution is 2.32.